The molecular formula is C18H26N2O2. The quantitative estimate of drug-likeness (QED) is 0.850. The van der Waals surface area contributed by atoms with Crippen LogP contribution in [0.1, 0.15) is 18.4 Å². The summed E-state index contributed by atoms with van der Waals surface area (Å²) in [7, 11) is 3.71. The summed E-state index contributed by atoms with van der Waals surface area (Å²) < 4.78 is 5.87. The number of nitrogens with zero attached hydrogens (tertiary/aromatic N) is 2. The Labute approximate surface area is 133 Å². The fraction of sp³-hybridized carbons (Fsp3) is 0.611. The topological polar surface area (TPSA) is 32.8 Å². The standard InChI is InChI=1S/C18H26N2O2/c1-19(2)17(21)18-10-13-22-16(18)9-12-20(14-18)11-8-15-6-4-3-5-7-15/h3-7,16H,8-14H2,1-2H3/t16-,18-/m1/s1. The van der Waals surface area contributed by atoms with Crippen molar-refractivity contribution in [2.45, 2.75) is 25.4 Å². The summed E-state index contributed by atoms with van der Waals surface area (Å²) in [6.45, 7) is 3.59. The third-order valence-electron chi connectivity index (χ3n) is 5.09. The van der Waals surface area contributed by atoms with Crippen LogP contribution in [-0.4, -0.2) is 62.1 Å². The van der Waals surface area contributed by atoms with Crippen LogP contribution in [0.2, 0.25) is 0 Å². The Kier molecular flexibility index (Phi) is 4.50. The van der Waals surface area contributed by atoms with Gasteiger partial charge in [-0.15, -0.1) is 0 Å². The number of hydrogen-bond donors (Lipinski definition) is 0. The molecule has 2 saturated heterocycles. The molecule has 4 heteroatoms. The molecule has 120 valence electrons. The molecule has 3 rings (SSSR count). The first-order valence-corrected chi connectivity index (χ1v) is 8.21. The summed E-state index contributed by atoms with van der Waals surface area (Å²) >= 11 is 0. The second-order valence-electron chi connectivity index (χ2n) is 6.77. The second kappa shape index (κ2) is 6.39. The number of carbonyl (C=O) groups excluding carboxylic acids is 1. The van der Waals surface area contributed by atoms with Crippen molar-refractivity contribution in [3.8, 4) is 0 Å². The molecule has 0 unspecified atom stereocenters. The Bertz CT molecular complexity index is 517. The fourth-order valence-corrected chi connectivity index (χ4v) is 3.90. The lowest BCUT2D eigenvalue weighted by Crippen LogP contribution is -2.57. The molecule has 0 aromatic heterocycles. The zero-order valence-electron chi connectivity index (χ0n) is 13.6. The third-order valence-corrected chi connectivity index (χ3v) is 5.09. The normalized spacial score (nSPS) is 28.4. The number of benzene rings is 1. The summed E-state index contributed by atoms with van der Waals surface area (Å²) in [6, 6.07) is 10.6. The van der Waals surface area contributed by atoms with E-state index in [0.29, 0.717) is 0 Å². The summed E-state index contributed by atoms with van der Waals surface area (Å²) in [5, 5.41) is 0. The number of amides is 1. The van der Waals surface area contributed by atoms with Crippen LogP contribution >= 0.6 is 0 Å². The Morgan fingerprint density at radius 2 is 2.14 bits per heavy atom. The van der Waals surface area contributed by atoms with E-state index in [1.54, 1.807) is 4.90 Å². The van der Waals surface area contributed by atoms with Crippen molar-refractivity contribution in [1.82, 2.24) is 9.80 Å². The molecule has 0 aliphatic carbocycles. The van der Waals surface area contributed by atoms with Gasteiger partial charge in [0.2, 0.25) is 5.91 Å². The zero-order chi connectivity index (χ0) is 15.6. The molecule has 0 N–H and O–H groups in total. The van der Waals surface area contributed by atoms with E-state index in [1.807, 2.05) is 14.1 Å². The lowest BCUT2D eigenvalue weighted by molar-refractivity contribution is -0.147. The SMILES string of the molecule is CN(C)C(=O)[C@@]12CCO[C@@H]1CCN(CCc1ccccc1)C2. The average molecular weight is 302 g/mol. The Balaban J connectivity index is 1.67. The second-order valence-corrected chi connectivity index (χ2v) is 6.77. The molecule has 22 heavy (non-hydrogen) atoms. The van der Waals surface area contributed by atoms with Crippen molar-refractivity contribution in [3.63, 3.8) is 0 Å². The van der Waals surface area contributed by atoms with E-state index in [1.165, 1.54) is 5.56 Å². The maximum Gasteiger partial charge on any atom is 0.232 e. The van der Waals surface area contributed by atoms with Gasteiger partial charge in [0.15, 0.2) is 0 Å². The van der Waals surface area contributed by atoms with Gasteiger partial charge in [-0.05, 0) is 24.8 Å². The predicted molar refractivity (Wildman–Crippen MR) is 86.7 cm³/mol. The van der Waals surface area contributed by atoms with E-state index in [9.17, 15) is 4.79 Å². The summed E-state index contributed by atoms with van der Waals surface area (Å²) in [4.78, 5) is 16.9. The first-order chi connectivity index (χ1) is 10.6. The van der Waals surface area contributed by atoms with Gasteiger partial charge in [0.1, 0.15) is 0 Å². The molecule has 0 saturated carbocycles. The smallest absolute Gasteiger partial charge is 0.232 e. The van der Waals surface area contributed by atoms with Gasteiger partial charge in [-0.3, -0.25) is 4.79 Å². The van der Waals surface area contributed by atoms with E-state index in [2.05, 4.69) is 35.2 Å². The van der Waals surface area contributed by atoms with E-state index in [-0.39, 0.29) is 17.4 Å². The highest BCUT2D eigenvalue weighted by Gasteiger charge is 2.53. The predicted octanol–water partition coefficient (Wildman–Crippen LogP) is 1.80. The highest BCUT2D eigenvalue weighted by atomic mass is 16.5. The Hall–Kier alpha value is -1.39. The van der Waals surface area contributed by atoms with E-state index < -0.39 is 0 Å². The molecular weight excluding hydrogens is 276 g/mol. The van der Waals surface area contributed by atoms with Gasteiger partial charge in [0, 0.05) is 40.3 Å². The van der Waals surface area contributed by atoms with Gasteiger partial charge in [-0.25, -0.2) is 0 Å². The minimum Gasteiger partial charge on any atom is -0.377 e. The van der Waals surface area contributed by atoms with Crippen LogP contribution in [0.4, 0.5) is 0 Å². The zero-order valence-corrected chi connectivity index (χ0v) is 13.6. The van der Waals surface area contributed by atoms with Gasteiger partial charge in [-0.1, -0.05) is 30.3 Å². The number of piperidine rings is 1. The van der Waals surface area contributed by atoms with Gasteiger partial charge in [0.25, 0.3) is 0 Å². The molecule has 2 aliphatic rings. The molecule has 0 bridgehead atoms. The minimum absolute atomic E-state index is 0.107. The largest absolute Gasteiger partial charge is 0.377 e. The van der Waals surface area contributed by atoms with Crippen LogP contribution in [0, 0.1) is 5.41 Å². The average Bonchev–Trinajstić information content (AvgIpc) is 2.97. The number of fused-ring (bicyclic) bond motifs is 1. The molecule has 0 radical (unpaired) electrons. The van der Waals surface area contributed by atoms with Crippen LogP contribution < -0.4 is 0 Å². The lowest BCUT2D eigenvalue weighted by Gasteiger charge is -2.43. The molecule has 2 aliphatic heterocycles. The number of hydrogen-bond acceptors (Lipinski definition) is 3. The third kappa shape index (κ3) is 2.90. The number of rotatable bonds is 4. The van der Waals surface area contributed by atoms with E-state index >= 15 is 0 Å². The Morgan fingerprint density at radius 3 is 2.86 bits per heavy atom. The summed E-state index contributed by atoms with van der Waals surface area (Å²) in [6.07, 6.45) is 2.97. The highest BCUT2D eigenvalue weighted by Crippen LogP contribution is 2.42. The van der Waals surface area contributed by atoms with Crippen LogP contribution in [0.15, 0.2) is 30.3 Å². The molecule has 1 aromatic carbocycles. The maximum atomic E-state index is 12.7. The monoisotopic (exact) mass is 302 g/mol. The van der Waals surface area contributed by atoms with Crippen molar-refractivity contribution in [3.05, 3.63) is 35.9 Å². The van der Waals surface area contributed by atoms with Crippen LogP contribution in [0.3, 0.4) is 0 Å². The number of likely N-dealkylation sites (tertiary alicyclic amines) is 1. The molecule has 1 amide bonds. The molecule has 2 fully saturated rings. The first kappa shape index (κ1) is 15.5. The van der Waals surface area contributed by atoms with Crippen LogP contribution in [0.25, 0.3) is 0 Å². The van der Waals surface area contributed by atoms with Gasteiger partial charge >= 0.3 is 0 Å². The molecule has 1 aromatic rings. The first-order valence-electron chi connectivity index (χ1n) is 8.21. The summed E-state index contributed by atoms with van der Waals surface area (Å²) in [5.41, 5.74) is 1.04. The highest BCUT2D eigenvalue weighted by molar-refractivity contribution is 5.83. The fourth-order valence-electron chi connectivity index (χ4n) is 3.90. The molecule has 4 nitrogen and oxygen atoms in total. The van der Waals surface area contributed by atoms with E-state index in [0.717, 1.165) is 45.5 Å². The van der Waals surface area contributed by atoms with Crippen molar-refractivity contribution >= 4 is 5.91 Å². The van der Waals surface area contributed by atoms with Crippen molar-refractivity contribution in [2.24, 2.45) is 5.41 Å². The van der Waals surface area contributed by atoms with Crippen molar-refractivity contribution in [1.29, 1.82) is 0 Å². The molecule has 2 atom stereocenters. The number of ether oxygens (including phenoxy) is 1. The van der Waals surface area contributed by atoms with E-state index in [4.69, 9.17) is 4.74 Å². The van der Waals surface area contributed by atoms with Crippen LogP contribution in [0.5, 0.6) is 0 Å². The maximum absolute atomic E-state index is 12.7. The van der Waals surface area contributed by atoms with Gasteiger partial charge < -0.3 is 14.5 Å². The van der Waals surface area contributed by atoms with Crippen molar-refractivity contribution in [2.75, 3.05) is 40.3 Å². The summed E-state index contributed by atoms with van der Waals surface area (Å²) in [5.74, 6) is 0.236. The van der Waals surface area contributed by atoms with Gasteiger partial charge in [0.05, 0.1) is 11.5 Å². The van der Waals surface area contributed by atoms with Crippen molar-refractivity contribution < 1.29 is 9.53 Å². The molecule has 2 heterocycles. The molecule has 0 spiro atoms. The number of carbonyl (C=O) groups is 1. The van der Waals surface area contributed by atoms with Gasteiger partial charge in [-0.2, -0.15) is 0 Å². The Morgan fingerprint density at radius 1 is 1.36 bits per heavy atom. The minimum atomic E-state index is -0.321. The lowest BCUT2D eigenvalue weighted by atomic mass is 9.75. The van der Waals surface area contributed by atoms with Crippen LogP contribution in [-0.2, 0) is 16.0 Å².